The van der Waals surface area contributed by atoms with E-state index in [1.165, 1.54) is 26.0 Å². The van der Waals surface area contributed by atoms with E-state index in [0.29, 0.717) is 6.92 Å². The number of nitrogens with two attached hydrogens (primary N) is 1. The Morgan fingerprint density at radius 3 is 2.19 bits per heavy atom. The quantitative estimate of drug-likeness (QED) is 0.901. The third-order valence-electron chi connectivity index (χ3n) is 3.60. The van der Waals surface area contributed by atoms with E-state index in [1.807, 2.05) is 0 Å². The molecular formula is C14H20F3NO2S. The predicted octanol–water partition coefficient (Wildman–Crippen LogP) is 3.50. The lowest BCUT2D eigenvalue weighted by atomic mass is 9.89. The predicted molar refractivity (Wildman–Crippen MR) is 76.2 cm³/mol. The van der Waals surface area contributed by atoms with Crippen molar-refractivity contribution in [2.75, 3.05) is 0 Å². The summed E-state index contributed by atoms with van der Waals surface area (Å²) in [6.07, 6.45) is 0.0293. The standard InChI is InChI=1S/C14H20F3NO2S/c1-9(8-13(2,3)21(18,19)20)10-6-5-7-11(12(10)15)14(4,16)17/h5-7,9H,8H2,1-4H3,(H2,18,19,20). The Morgan fingerprint density at radius 1 is 1.24 bits per heavy atom. The fourth-order valence-corrected chi connectivity index (χ4v) is 2.72. The smallest absolute Gasteiger partial charge is 0.228 e. The van der Waals surface area contributed by atoms with Gasteiger partial charge in [0.2, 0.25) is 10.0 Å². The van der Waals surface area contributed by atoms with Crippen molar-refractivity contribution in [3.05, 3.63) is 35.1 Å². The maximum absolute atomic E-state index is 14.2. The summed E-state index contributed by atoms with van der Waals surface area (Å²) in [4.78, 5) is 0. The number of benzene rings is 1. The highest BCUT2D eigenvalue weighted by molar-refractivity contribution is 7.90. The molecule has 0 aliphatic carbocycles. The molecule has 1 atom stereocenters. The number of halogens is 3. The molecule has 0 spiro atoms. The van der Waals surface area contributed by atoms with Gasteiger partial charge < -0.3 is 0 Å². The van der Waals surface area contributed by atoms with Crippen LogP contribution in [0, 0.1) is 5.82 Å². The van der Waals surface area contributed by atoms with E-state index in [0.717, 1.165) is 6.07 Å². The monoisotopic (exact) mass is 323 g/mol. The number of hydrogen-bond acceptors (Lipinski definition) is 2. The molecule has 0 radical (unpaired) electrons. The van der Waals surface area contributed by atoms with Gasteiger partial charge in [-0.2, -0.15) is 0 Å². The molecule has 0 amide bonds. The van der Waals surface area contributed by atoms with Crippen molar-refractivity contribution in [1.29, 1.82) is 0 Å². The van der Waals surface area contributed by atoms with Crippen molar-refractivity contribution in [2.24, 2.45) is 5.14 Å². The van der Waals surface area contributed by atoms with E-state index in [9.17, 15) is 21.6 Å². The molecule has 1 aromatic carbocycles. The van der Waals surface area contributed by atoms with E-state index in [1.54, 1.807) is 6.92 Å². The number of alkyl halides is 2. The molecule has 120 valence electrons. The minimum Gasteiger partial charge on any atom is -0.228 e. The molecule has 0 aliphatic heterocycles. The zero-order chi connectivity index (χ0) is 16.6. The summed E-state index contributed by atoms with van der Waals surface area (Å²) in [6, 6.07) is 3.75. The third kappa shape index (κ3) is 3.97. The SMILES string of the molecule is CC(CC(C)(C)S(N)(=O)=O)c1cccc(C(C)(F)F)c1F. The molecule has 21 heavy (non-hydrogen) atoms. The van der Waals surface area contributed by atoms with E-state index in [2.05, 4.69) is 0 Å². The summed E-state index contributed by atoms with van der Waals surface area (Å²) < 4.78 is 62.6. The Morgan fingerprint density at radius 2 is 1.76 bits per heavy atom. The van der Waals surface area contributed by atoms with E-state index in [-0.39, 0.29) is 12.0 Å². The zero-order valence-corrected chi connectivity index (χ0v) is 13.3. The van der Waals surface area contributed by atoms with Gasteiger partial charge in [-0.1, -0.05) is 25.1 Å². The highest BCUT2D eigenvalue weighted by atomic mass is 32.2. The topological polar surface area (TPSA) is 60.2 Å². The van der Waals surface area contributed by atoms with Crippen LogP contribution in [0.3, 0.4) is 0 Å². The molecule has 1 aromatic rings. The van der Waals surface area contributed by atoms with Crippen molar-refractivity contribution in [3.8, 4) is 0 Å². The summed E-state index contributed by atoms with van der Waals surface area (Å²) in [5.74, 6) is -4.86. The lowest BCUT2D eigenvalue weighted by molar-refractivity contribution is 0.0135. The molecule has 0 saturated carbocycles. The molecule has 0 saturated heterocycles. The first-order valence-corrected chi connectivity index (χ1v) is 8.01. The lowest BCUT2D eigenvalue weighted by Gasteiger charge is -2.26. The maximum Gasteiger partial charge on any atom is 0.273 e. The van der Waals surface area contributed by atoms with Crippen LogP contribution in [-0.4, -0.2) is 13.2 Å². The zero-order valence-electron chi connectivity index (χ0n) is 12.5. The Bertz CT molecular complexity index is 622. The fourth-order valence-electron chi connectivity index (χ4n) is 2.23. The van der Waals surface area contributed by atoms with Gasteiger partial charge in [-0.05, 0) is 31.7 Å². The second-order valence-electron chi connectivity index (χ2n) is 6.01. The van der Waals surface area contributed by atoms with Gasteiger partial charge in [-0.15, -0.1) is 0 Å². The molecule has 0 bridgehead atoms. The Balaban J connectivity index is 3.19. The van der Waals surface area contributed by atoms with Gasteiger partial charge in [0.1, 0.15) is 5.82 Å². The van der Waals surface area contributed by atoms with Crippen LogP contribution in [-0.2, 0) is 15.9 Å². The third-order valence-corrected chi connectivity index (χ3v) is 5.31. The first-order chi connectivity index (χ1) is 9.27. The van der Waals surface area contributed by atoms with Crippen LogP contribution < -0.4 is 5.14 Å². The first-order valence-electron chi connectivity index (χ1n) is 6.46. The van der Waals surface area contributed by atoms with Gasteiger partial charge in [0.05, 0.1) is 10.3 Å². The fraction of sp³-hybridized carbons (Fsp3) is 0.571. The van der Waals surface area contributed by atoms with Crippen LogP contribution in [0.25, 0.3) is 0 Å². The summed E-state index contributed by atoms with van der Waals surface area (Å²) >= 11 is 0. The molecule has 0 aromatic heterocycles. The van der Waals surface area contributed by atoms with Gasteiger partial charge >= 0.3 is 0 Å². The number of sulfonamides is 1. The summed E-state index contributed by atoms with van der Waals surface area (Å²) in [7, 11) is -3.83. The Kier molecular flexibility index (Phi) is 4.80. The number of primary sulfonamides is 1. The summed E-state index contributed by atoms with van der Waals surface area (Å²) in [6.45, 7) is 5.06. The highest BCUT2D eigenvalue weighted by Gasteiger charge is 2.35. The second kappa shape index (κ2) is 5.61. The lowest BCUT2D eigenvalue weighted by Crippen LogP contribution is -2.38. The molecule has 0 heterocycles. The Hall–Kier alpha value is -1.08. The van der Waals surface area contributed by atoms with Crippen molar-refractivity contribution < 1.29 is 21.6 Å². The molecule has 7 heteroatoms. The van der Waals surface area contributed by atoms with Gasteiger partial charge in [0.25, 0.3) is 5.92 Å². The number of rotatable bonds is 5. The van der Waals surface area contributed by atoms with Crippen LogP contribution in [0.2, 0.25) is 0 Å². The van der Waals surface area contributed by atoms with Gasteiger partial charge in [0, 0.05) is 6.92 Å². The van der Waals surface area contributed by atoms with E-state index >= 15 is 0 Å². The van der Waals surface area contributed by atoms with Crippen LogP contribution in [0.5, 0.6) is 0 Å². The molecule has 2 N–H and O–H groups in total. The van der Waals surface area contributed by atoms with Gasteiger partial charge in [-0.25, -0.2) is 26.7 Å². The second-order valence-corrected chi connectivity index (χ2v) is 8.20. The van der Waals surface area contributed by atoms with Gasteiger partial charge in [-0.3, -0.25) is 0 Å². The molecule has 0 fully saturated rings. The minimum atomic E-state index is -3.83. The van der Waals surface area contributed by atoms with Crippen LogP contribution in [0.1, 0.15) is 51.2 Å². The van der Waals surface area contributed by atoms with Crippen LogP contribution >= 0.6 is 0 Å². The Labute approximate surface area is 123 Å². The van der Waals surface area contributed by atoms with E-state index in [4.69, 9.17) is 5.14 Å². The average molecular weight is 323 g/mol. The minimum absolute atomic E-state index is 0.0293. The van der Waals surface area contributed by atoms with Crippen molar-refractivity contribution >= 4 is 10.0 Å². The maximum atomic E-state index is 14.2. The number of hydrogen-bond donors (Lipinski definition) is 1. The normalized spacial score (nSPS) is 15.0. The van der Waals surface area contributed by atoms with Crippen molar-refractivity contribution in [3.63, 3.8) is 0 Å². The molecule has 3 nitrogen and oxygen atoms in total. The first kappa shape index (κ1) is 18.0. The van der Waals surface area contributed by atoms with Crippen LogP contribution in [0.15, 0.2) is 18.2 Å². The molecular weight excluding hydrogens is 303 g/mol. The summed E-state index contributed by atoms with van der Waals surface area (Å²) in [5, 5.41) is 5.14. The van der Waals surface area contributed by atoms with Crippen molar-refractivity contribution in [1.82, 2.24) is 0 Å². The average Bonchev–Trinajstić information content (AvgIpc) is 2.25. The molecule has 0 aliphatic rings. The largest absolute Gasteiger partial charge is 0.273 e. The van der Waals surface area contributed by atoms with Crippen molar-refractivity contribution in [2.45, 2.75) is 50.7 Å². The summed E-state index contributed by atoms with van der Waals surface area (Å²) in [5.41, 5.74) is -0.633. The van der Waals surface area contributed by atoms with Crippen LogP contribution in [0.4, 0.5) is 13.2 Å². The van der Waals surface area contributed by atoms with Gasteiger partial charge in [0.15, 0.2) is 0 Å². The highest BCUT2D eigenvalue weighted by Crippen LogP contribution is 2.36. The van der Waals surface area contributed by atoms with E-state index < -0.39 is 38.0 Å². The molecule has 1 unspecified atom stereocenters. The molecule has 1 rings (SSSR count).